The van der Waals surface area contributed by atoms with Gasteiger partial charge >= 0.3 is 0 Å². The maximum Gasteiger partial charge on any atom is 0.178 e. The van der Waals surface area contributed by atoms with Crippen molar-refractivity contribution in [1.82, 2.24) is 9.55 Å². The van der Waals surface area contributed by atoms with Gasteiger partial charge in [0.1, 0.15) is 0 Å². The maximum absolute atomic E-state index is 5.46. The van der Waals surface area contributed by atoms with Crippen LogP contribution in [0.4, 0.5) is 0 Å². The summed E-state index contributed by atoms with van der Waals surface area (Å²) in [6, 6.07) is 6.43. The summed E-state index contributed by atoms with van der Waals surface area (Å²) in [5.41, 5.74) is 2.40. The third-order valence-corrected chi connectivity index (χ3v) is 4.07. The summed E-state index contributed by atoms with van der Waals surface area (Å²) in [4.78, 5) is 3.31. The molecule has 0 saturated heterocycles. The molecular formula is C13H17IN2S. The molecule has 2 rings (SSSR count). The fourth-order valence-corrected chi connectivity index (χ4v) is 3.36. The van der Waals surface area contributed by atoms with Gasteiger partial charge in [-0.25, -0.2) is 0 Å². The number of H-pyrrole nitrogens is 1. The Balaban J connectivity index is 2.69. The molecule has 1 heterocycles. The smallest absolute Gasteiger partial charge is 0.178 e. The number of rotatable bonds is 3. The van der Waals surface area contributed by atoms with Crippen LogP contribution in [0.5, 0.6) is 0 Å². The standard InChI is InChI=1S/C13H17IN2S/c1-4-7-13(2,3)16-11-6-5-9(14)8-10(11)15-12(16)17/h5-6,8H,4,7H2,1-3H3,(H,15,17). The number of halogens is 1. The quantitative estimate of drug-likeness (QED) is 0.614. The summed E-state index contributed by atoms with van der Waals surface area (Å²) >= 11 is 7.79. The van der Waals surface area contributed by atoms with Crippen molar-refractivity contribution in [2.24, 2.45) is 0 Å². The lowest BCUT2D eigenvalue weighted by molar-refractivity contribution is 0.330. The van der Waals surface area contributed by atoms with Crippen LogP contribution in [0.25, 0.3) is 11.0 Å². The van der Waals surface area contributed by atoms with E-state index in [1.54, 1.807) is 0 Å². The first-order valence-corrected chi connectivity index (χ1v) is 7.35. The predicted octanol–water partition coefficient (Wildman–Crippen LogP) is 4.84. The van der Waals surface area contributed by atoms with E-state index >= 15 is 0 Å². The van der Waals surface area contributed by atoms with Crippen molar-refractivity contribution in [2.75, 3.05) is 0 Å². The summed E-state index contributed by atoms with van der Waals surface area (Å²) in [6.07, 6.45) is 2.28. The Bertz CT molecular complexity index is 595. The Kier molecular flexibility index (Phi) is 3.63. The monoisotopic (exact) mass is 360 g/mol. The van der Waals surface area contributed by atoms with Crippen molar-refractivity contribution in [3.05, 3.63) is 26.5 Å². The molecule has 0 spiro atoms. The zero-order valence-electron chi connectivity index (χ0n) is 10.4. The molecule has 1 aromatic carbocycles. The number of hydrogen-bond acceptors (Lipinski definition) is 1. The number of fused-ring (bicyclic) bond motifs is 1. The minimum atomic E-state index is 0.0663. The first kappa shape index (κ1) is 13.1. The Morgan fingerprint density at radius 3 is 2.76 bits per heavy atom. The van der Waals surface area contributed by atoms with E-state index in [4.69, 9.17) is 12.2 Å². The highest BCUT2D eigenvalue weighted by Crippen LogP contribution is 2.28. The van der Waals surface area contributed by atoms with Crippen LogP contribution in [0.1, 0.15) is 33.6 Å². The Hall–Kier alpha value is -0.360. The molecular weight excluding hydrogens is 343 g/mol. The van der Waals surface area contributed by atoms with E-state index in [9.17, 15) is 0 Å². The number of aromatic nitrogens is 2. The summed E-state index contributed by atoms with van der Waals surface area (Å²) < 4.78 is 4.30. The van der Waals surface area contributed by atoms with E-state index in [0.29, 0.717) is 0 Å². The molecule has 17 heavy (non-hydrogen) atoms. The molecule has 0 aliphatic rings. The van der Waals surface area contributed by atoms with E-state index in [-0.39, 0.29) is 5.54 Å². The van der Waals surface area contributed by atoms with Gasteiger partial charge in [0.25, 0.3) is 0 Å². The minimum absolute atomic E-state index is 0.0663. The average Bonchev–Trinajstić information content (AvgIpc) is 2.53. The van der Waals surface area contributed by atoms with Crippen LogP contribution < -0.4 is 0 Å². The van der Waals surface area contributed by atoms with Gasteiger partial charge in [-0.1, -0.05) is 13.3 Å². The largest absolute Gasteiger partial charge is 0.331 e. The van der Waals surface area contributed by atoms with E-state index in [0.717, 1.165) is 23.1 Å². The summed E-state index contributed by atoms with van der Waals surface area (Å²) in [7, 11) is 0. The third kappa shape index (κ3) is 2.42. The first-order chi connectivity index (χ1) is 7.95. The van der Waals surface area contributed by atoms with Crippen LogP contribution in [-0.4, -0.2) is 9.55 Å². The van der Waals surface area contributed by atoms with Crippen molar-refractivity contribution >= 4 is 45.8 Å². The predicted molar refractivity (Wildman–Crippen MR) is 84.1 cm³/mol. The Morgan fingerprint density at radius 1 is 1.41 bits per heavy atom. The minimum Gasteiger partial charge on any atom is -0.331 e. The number of hydrogen-bond donors (Lipinski definition) is 1. The summed E-state index contributed by atoms with van der Waals surface area (Å²) in [5, 5.41) is 0. The van der Waals surface area contributed by atoms with Crippen molar-refractivity contribution in [3.63, 3.8) is 0 Å². The van der Waals surface area contributed by atoms with Crippen molar-refractivity contribution in [2.45, 2.75) is 39.2 Å². The van der Waals surface area contributed by atoms with Crippen LogP contribution in [0.15, 0.2) is 18.2 Å². The second-order valence-corrected chi connectivity index (χ2v) is 6.62. The lowest BCUT2D eigenvalue weighted by Gasteiger charge is -2.27. The second-order valence-electron chi connectivity index (χ2n) is 4.99. The molecule has 0 unspecified atom stereocenters. The zero-order chi connectivity index (χ0) is 12.6. The SMILES string of the molecule is CCCC(C)(C)n1c(=S)[nH]c2cc(I)ccc21. The van der Waals surface area contributed by atoms with Gasteiger partial charge in [-0.05, 0) is 73.3 Å². The lowest BCUT2D eigenvalue weighted by Crippen LogP contribution is -2.25. The molecule has 0 saturated carbocycles. The van der Waals surface area contributed by atoms with Crippen LogP contribution >= 0.6 is 34.8 Å². The van der Waals surface area contributed by atoms with E-state index in [1.807, 2.05) is 0 Å². The van der Waals surface area contributed by atoms with Crippen LogP contribution in [-0.2, 0) is 5.54 Å². The molecule has 4 heteroatoms. The fourth-order valence-electron chi connectivity index (χ4n) is 2.41. The van der Waals surface area contributed by atoms with Gasteiger partial charge < -0.3 is 9.55 Å². The number of aromatic amines is 1. The van der Waals surface area contributed by atoms with Gasteiger partial charge in [0, 0.05) is 9.11 Å². The van der Waals surface area contributed by atoms with Crippen molar-refractivity contribution < 1.29 is 0 Å². The van der Waals surface area contributed by atoms with E-state index in [1.165, 1.54) is 9.09 Å². The molecule has 0 aliphatic heterocycles. The highest BCUT2D eigenvalue weighted by Gasteiger charge is 2.22. The second kappa shape index (κ2) is 4.72. The van der Waals surface area contributed by atoms with Gasteiger partial charge in [0.15, 0.2) is 4.77 Å². The van der Waals surface area contributed by atoms with Gasteiger partial charge in [0.2, 0.25) is 0 Å². The van der Waals surface area contributed by atoms with Gasteiger partial charge in [0.05, 0.1) is 11.0 Å². The number of nitrogens with zero attached hydrogens (tertiary/aromatic N) is 1. The molecule has 0 bridgehead atoms. The molecule has 0 radical (unpaired) electrons. The highest BCUT2D eigenvalue weighted by atomic mass is 127. The molecule has 1 N–H and O–H groups in total. The molecule has 0 amide bonds. The molecule has 92 valence electrons. The third-order valence-electron chi connectivity index (χ3n) is 3.11. The van der Waals surface area contributed by atoms with Gasteiger partial charge in [-0.2, -0.15) is 0 Å². The van der Waals surface area contributed by atoms with Crippen LogP contribution in [0.3, 0.4) is 0 Å². The Labute approximate surface area is 121 Å². The van der Waals surface area contributed by atoms with Gasteiger partial charge in [-0.15, -0.1) is 0 Å². The molecule has 0 fully saturated rings. The van der Waals surface area contributed by atoms with Gasteiger partial charge in [-0.3, -0.25) is 0 Å². The molecule has 0 aliphatic carbocycles. The lowest BCUT2D eigenvalue weighted by atomic mass is 9.98. The number of nitrogens with one attached hydrogen (secondary N) is 1. The van der Waals surface area contributed by atoms with Crippen LogP contribution in [0.2, 0.25) is 0 Å². The normalized spacial score (nSPS) is 12.2. The van der Waals surface area contributed by atoms with Crippen molar-refractivity contribution in [1.29, 1.82) is 0 Å². The fraction of sp³-hybridized carbons (Fsp3) is 0.462. The molecule has 2 aromatic rings. The van der Waals surface area contributed by atoms with Crippen molar-refractivity contribution in [3.8, 4) is 0 Å². The zero-order valence-corrected chi connectivity index (χ0v) is 13.4. The summed E-state index contributed by atoms with van der Waals surface area (Å²) in [5.74, 6) is 0. The van der Waals surface area contributed by atoms with E-state index in [2.05, 4.69) is 71.1 Å². The average molecular weight is 360 g/mol. The maximum atomic E-state index is 5.46. The first-order valence-electron chi connectivity index (χ1n) is 5.86. The molecule has 2 nitrogen and oxygen atoms in total. The number of benzene rings is 1. The topological polar surface area (TPSA) is 20.7 Å². The molecule has 0 atom stereocenters. The highest BCUT2D eigenvalue weighted by molar-refractivity contribution is 14.1. The van der Waals surface area contributed by atoms with E-state index < -0.39 is 0 Å². The number of imidazole rings is 1. The van der Waals surface area contributed by atoms with Crippen LogP contribution in [0, 0.1) is 8.34 Å². The Morgan fingerprint density at radius 2 is 2.12 bits per heavy atom. The summed E-state index contributed by atoms with van der Waals surface area (Å²) in [6.45, 7) is 6.71. The molecule has 1 aromatic heterocycles.